The summed E-state index contributed by atoms with van der Waals surface area (Å²) in [5.74, 6) is -0.261. The number of aliphatic hydroxyl groups excluding tert-OH is 1. The van der Waals surface area contributed by atoms with Gasteiger partial charge in [0.05, 0.1) is 6.10 Å². The summed E-state index contributed by atoms with van der Waals surface area (Å²) >= 11 is 0. The quantitative estimate of drug-likeness (QED) is 0.919. The third kappa shape index (κ3) is 3.78. The van der Waals surface area contributed by atoms with Gasteiger partial charge in [0.25, 0.3) is 0 Å². The van der Waals surface area contributed by atoms with E-state index >= 15 is 0 Å². The number of piperazine rings is 1. The van der Waals surface area contributed by atoms with Crippen LogP contribution in [0.5, 0.6) is 0 Å². The molecule has 1 aromatic rings. The van der Waals surface area contributed by atoms with E-state index in [0.29, 0.717) is 25.1 Å². The summed E-state index contributed by atoms with van der Waals surface area (Å²) in [4.78, 5) is 16.7. The van der Waals surface area contributed by atoms with Gasteiger partial charge in [0.1, 0.15) is 5.82 Å². The van der Waals surface area contributed by atoms with Crippen LogP contribution in [-0.2, 0) is 4.79 Å². The predicted octanol–water partition coefficient (Wildman–Crippen LogP) is 2.38. The Balaban J connectivity index is 1.51. The van der Waals surface area contributed by atoms with Crippen molar-refractivity contribution in [3.8, 4) is 0 Å². The first kappa shape index (κ1) is 17.4. The number of hydrogen-bond acceptors (Lipinski definition) is 3. The van der Waals surface area contributed by atoms with E-state index in [0.717, 1.165) is 32.4 Å². The maximum atomic E-state index is 13.8. The Labute approximate surface area is 143 Å². The number of aliphatic hydroxyl groups is 1. The second kappa shape index (κ2) is 7.62. The molecule has 1 aromatic carbocycles. The standard InChI is InChI=1S/C19H27FN2O2/c1-14(15-5-2-3-6-16(15)20)13-19(24)22-11-9-21(10-12-22)17-7-4-8-18(17)23/h2-3,5-6,14,17-18,23H,4,7-13H2,1H3/t14-,17-,18+/m1/s1. The van der Waals surface area contributed by atoms with Gasteiger partial charge in [-0.1, -0.05) is 25.1 Å². The van der Waals surface area contributed by atoms with Crippen molar-refractivity contribution in [1.82, 2.24) is 9.80 Å². The van der Waals surface area contributed by atoms with Crippen molar-refractivity contribution in [2.75, 3.05) is 26.2 Å². The average molecular weight is 334 g/mol. The third-order valence-corrected chi connectivity index (χ3v) is 5.50. The number of amides is 1. The van der Waals surface area contributed by atoms with Crippen LogP contribution in [0.3, 0.4) is 0 Å². The number of nitrogens with zero attached hydrogens (tertiary/aromatic N) is 2. The number of hydrogen-bond donors (Lipinski definition) is 1. The maximum Gasteiger partial charge on any atom is 0.223 e. The molecule has 0 spiro atoms. The lowest BCUT2D eigenvalue weighted by Crippen LogP contribution is -2.53. The first-order valence-electron chi connectivity index (χ1n) is 9.00. The highest BCUT2D eigenvalue weighted by atomic mass is 19.1. The van der Waals surface area contributed by atoms with E-state index in [-0.39, 0.29) is 29.8 Å². The second-order valence-corrected chi connectivity index (χ2v) is 7.11. The Bertz CT molecular complexity index is 572. The molecule has 5 heteroatoms. The number of carbonyl (C=O) groups is 1. The average Bonchev–Trinajstić information content (AvgIpc) is 3.01. The van der Waals surface area contributed by atoms with Gasteiger partial charge in [0.15, 0.2) is 0 Å². The van der Waals surface area contributed by atoms with E-state index in [2.05, 4.69) is 4.90 Å². The number of halogens is 1. The van der Waals surface area contributed by atoms with Crippen LogP contribution in [0.2, 0.25) is 0 Å². The molecule has 24 heavy (non-hydrogen) atoms. The second-order valence-electron chi connectivity index (χ2n) is 7.11. The molecule has 4 nitrogen and oxygen atoms in total. The fourth-order valence-electron chi connectivity index (χ4n) is 4.03. The molecule has 0 radical (unpaired) electrons. The zero-order valence-corrected chi connectivity index (χ0v) is 14.3. The molecule has 0 aromatic heterocycles. The topological polar surface area (TPSA) is 43.8 Å². The Hall–Kier alpha value is -1.46. The van der Waals surface area contributed by atoms with Crippen molar-refractivity contribution in [2.24, 2.45) is 0 Å². The summed E-state index contributed by atoms with van der Waals surface area (Å²) in [6.07, 6.45) is 3.16. The van der Waals surface area contributed by atoms with Gasteiger partial charge in [-0.15, -0.1) is 0 Å². The van der Waals surface area contributed by atoms with Gasteiger partial charge in [-0.05, 0) is 36.8 Å². The van der Waals surface area contributed by atoms with Crippen LogP contribution in [0.4, 0.5) is 4.39 Å². The SMILES string of the molecule is C[C@H](CC(=O)N1CCN([C@@H]2CCC[C@@H]2O)CC1)c1ccccc1F. The van der Waals surface area contributed by atoms with E-state index in [1.807, 2.05) is 17.9 Å². The molecule has 3 atom stereocenters. The van der Waals surface area contributed by atoms with Crippen molar-refractivity contribution >= 4 is 5.91 Å². The lowest BCUT2D eigenvalue weighted by Gasteiger charge is -2.39. The van der Waals surface area contributed by atoms with E-state index in [4.69, 9.17) is 0 Å². The molecule has 0 unspecified atom stereocenters. The molecule has 2 fully saturated rings. The van der Waals surface area contributed by atoms with Crippen molar-refractivity contribution in [2.45, 2.75) is 50.7 Å². The van der Waals surface area contributed by atoms with Crippen LogP contribution in [0, 0.1) is 5.82 Å². The molecule has 2 aliphatic rings. The van der Waals surface area contributed by atoms with Gasteiger partial charge in [0, 0.05) is 38.6 Å². The van der Waals surface area contributed by atoms with Gasteiger partial charge >= 0.3 is 0 Å². The van der Waals surface area contributed by atoms with Crippen molar-refractivity contribution < 1.29 is 14.3 Å². The largest absolute Gasteiger partial charge is 0.391 e. The van der Waals surface area contributed by atoms with Crippen LogP contribution in [0.15, 0.2) is 24.3 Å². The van der Waals surface area contributed by atoms with Gasteiger partial charge in [-0.2, -0.15) is 0 Å². The summed E-state index contributed by atoms with van der Waals surface area (Å²) < 4.78 is 13.8. The van der Waals surface area contributed by atoms with Crippen LogP contribution in [0.1, 0.15) is 44.1 Å². The summed E-state index contributed by atoms with van der Waals surface area (Å²) in [5.41, 5.74) is 0.610. The molecule has 3 rings (SSSR count). The molecule has 1 N–H and O–H groups in total. The number of rotatable bonds is 4. The van der Waals surface area contributed by atoms with Crippen LogP contribution in [0.25, 0.3) is 0 Å². The predicted molar refractivity (Wildman–Crippen MR) is 91.2 cm³/mol. The van der Waals surface area contributed by atoms with Crippen molar-refractivity contribution in [1.29, 1.82) is 0 Å². The fraction of sp³-hybridized carbons (Fsp3) is 0.632. The van der Waals surface area contributed by atoms with Gasteiger partial charge in [0.2, 0.25) is 5.91 Å². The van der Waals surface area contributed by atoms with E-state index < -0.39 is 0 Å². The van der Waals surface area contributed by atoms with Crippen molar-refractivity contribution in [3.63, 3.8) is 0 Å². The van der Waals surface area contributed by atoms with E-state index in [1.165, 1.54) is 6.07 Å². The maximum absolute atomic E-state index is 13.8. The monoisotopic (exact) mass is 334 g/mol. The molecule has 1 saturated carbocycles. The highest BCUT2D eigenvalue weighted by Gasteiger charge is 2.33. The fourth-order valence-corrected chi connectivity index (χ4v) is 4.03. The minimum Gasteiger partial charge on any atom is -0.391 e. The van der Waals surface area contributed by atoms with E-state index in [1.54, 1.807) is 12.1 Å². The van der Waals surface area contributed by atoms with Crippen LogP contribution in [-0.4, -0.2) is 59.1 Å². The molecule has 1 aliphatic heterocycles. The summed E-state index contributed by atoms with van der Waals surface area (Å²) in [6, 6.07) is 6.95. The van der Waals surface area contributed by atoms with Gasteiger partial charge in [-0.3, -0.25) is 9.69 Å². The highest BCUT2D eigenvalue weighted by molar-refractivity contribution is 5.77. The third-order valence-electron chi connectivity index (χ3n) is 5.50. The lowest BCUT2D eigenvalue weighted by molar-refractivity contribution is -0.133. The van der Waals surface area contributed by atoms with Crippen LogP contribution >= 0.6 is 0 Å². The Morgan fingerprint density at radius 2 is 1.96 bits per heavy atom. The van der Waals surface area contributed by atoms with Gasteiger partial charge in [-0.25, -0.2) is 4.39 Å². The smallest absolute Gasteiger partial charge is 0.223 e. The Kier molecular flexibility index (Phi) is 5.51. The Morgan fingerprint density at radius 3 is 2.58 bits per heavy atom. The molecule has 0 bridgehead atoms. The van der Waals surface area contributed by atoms with Crippen molar-refractivity contribution in [3.05, 3.63) is 35.6 Å². The molecule has 1 heterocycles. The molecular formula is C19H27FN2O2. The lowest BCUT2D eigenvalue weighted by atomic mass is 9.96. The minimum atomic E-state index is -0.238. The molecule has 132 valence electrons. The van der Waals surface area contributed by atoms with Crippen LogP contribution < -0.4 is 0 Å². The minimum absolute atomic E-state index is 0.0948. The zero-order valence-electron chi connectivity index (χ0n) is 14.3. The normalized spacial score (nSPS) is 26.5. The van der Waals surface area contributed by atoms with Gasteiger partial charge < -0.3 is 10.0 Å². The number of benzene rings is 1. The Morgan fingerprint density at radius 1 is 1.25 bits per heavy atom. The zero-order chi connectivity index (χ0) is 17.1. The number of carbonyl (C=O) groups excluding carboxylic acids is 1. The molecule has 1 saturated heterocycles. The molecular weight excluding hydrogens is 307 g/mol. The molecule has 1 aliphatic carbocycles. The molecule has 1 amide bonds. The summed E-state index contributed by atoms with van der Waals surface area (Å²) in [6.45, 7) is 4.95. The first-order valence-corrected chi connectivity index (χ1v) is 9.00. The van der Waals surface area contributed by atoms with E-state index in [9.17, 15) is 14.3 Å². The highest BCUT2D eigenvalue weighted by Crippen LogP contribution is 2.26. The first-order chi connectivity index (χ1) is 11.6. The summed E-state index contributed by atoms with van der Waals surface area (Å²) in [7, 11) is 0. The summed E-state index contributed by atoms with van der Waals surface area (Å²) in [5, 5.41) is 10.0.